The first kappa shape index (κ1) is 5.72. The molecular weight excluding hydrogens is 120 g/mol. The Labute approximate surface area is 52.4 Å². The summed E-state index contributed by atoms with van der Waals surface area (Å²) >= 11 is 1.58. The van der Waals surface area contributed by atoms with Crippen LogP contribution >= 0.6 is 11.3 Å². The summed E-state index contributed by atoms with van der Waals surface area (Å²) in [5, 5.41) is 1.96. The van der Waals surface area contributed by atoms with Gasteiger partial charge in [-0.05, 0) is 6.92 Å². The van der Waals surface area contributed by atoms with Crippen LogP contribution < -0.4 is 5.73 Å². The van der Waals surface area contributed by atoms with Crippen LogP contribution in [0, 0.1) is 0 Å². The number of nitrogens with two attached hydrogens (primary N) is 1. The van der Waals surface area contributed by atoms with Crippen molar-refractivity contribution in [3.63, 3.8) is 0 Å². The molecular formula is C5H8N2S. The molecule has 1 atom stereocenters. The highest BCUT2D eigenvalue weighted by atomic mass is 32.1. The maximum atomic E-state index is 5.50. The third-order valence-electron chi connectivity index (χ3n) is 0.918. The van der Waals surface area contributed by atoms with E-state index in [1.165, 1.54) is 0 Å². The smallest absolute Gasteiger partial charge is 0.0795 e. The molecule has 0 unspecified atom stereocenters. The summed E-state index contributed by atoms with van der Waals surface area (Å²) in [7, 11) is 0. The second kappa shape index (κ2) is 2.24. The molecule has 44 valence electrons. The van der Waals surface area contributed by atoms with E-state index in [0.717, 1.165) is 5.69 Å². The first-order valence-electron chi connectivity index (χ1n) is 2.44. The van der Waals surface area contributed by atoms with Crippen molar-refractivity contribution >= 4 is 11.3 Å². The zero-order valence-corrected chi connectivity index (χ0v) is 5.48. The van der Waals surface area contributed by atoms with Gasteiger partial charge in [0.25, 0.3) is 0 Å². The summed E-state index contributed by atoms with van der Waals surface area (Å²) in [6.45, 7) is 1.93. The zero-order chi connectivity index (χ0) is 5.98. The molecule has 0 bridgehead atoms. The number of rotatable bonds is 1. The van der Waals surface area contributed by atoms with Crippen molar-refractivity contribution in [2.24, 2.45) is 5.73 Å². The maximum Gasteiger partial charge on any atom is 0.0795 e. The Morgan fingerprint density at radius 3 is 2.88 bits per heavy atom. The van der Waals surface area contributed by atoms with Crippen LogP contribution in [-0.4, -0.2) is 4.98 Å². The van der Waals surface area contributed by atoms with E-state index < -0.39 is 0 Å². The van der Waals surface area contributed by atoms with Gasteiger partial charge in [0.2, 0.25) is 0 Å². The van der Waals surface area contributed by atoms with Crippen LogP contribution in [-0.2, 0) is 0 Å². The number of hydrogen-bond donors (Lipinski definition) is 1. The summed E-state index contributed by atoms with van der Waals surface area (Å²) in [5.74, 6) is 0. The first-order chi connectivity index (χ1) is 3.80. The number of thiazole rings is 1. The lowest BCUT2D eigenvalue weighted by molar-refractivity contribution is 0.789. The second-order valence-electron chi connectivity index (χ2n) is 1.70. The lowest BCUT2D eigenvalue weighted by atomic mass is 10.3. The van der Waals surface area contributed by atoms with Crippen LogP contribution in [0.25, 0.3) is 0 Å². The minimum Gasteiger partial charge on any atom is -0.323 e. The van der Waals surface area contributed by atoms with Crippen LogP contribution in [0.2, 0.25) is 0 Å². The molecule has 0 spiro atoms. The van der Waals surface area contributed by atoms with E-state index in [2.05, 4.69) is 4.98 Å². The number of nitrogens with zero attached hydrogens (tertiary/aromatic N) is 1. The minimum atomic E-state index is 0.0845. The van der Waals surface area contributed by atoms with Gasteiger partial charge in [-0.3, -0.25) is 0 Å². The van der Waals surface area contributed by atoms with Crippen LogP contribution in [0.15, 0.2) is 10.9 Å². The number of aromatic nitrogens is 1. The van der Waals surface area contributed by atoms with Gasteiger partial charge < -0.3 is 5.73 Å². The zero-order valence-electron chi connectivity index (χ0n) is 4.66. The molecule has 1 aromatic heterocycles. The van der Waals surface area contributed by atoms with E-state index in [9.17, 15) is 0 Å². The van der Waals surface area contributed by atoms with Gasteiger partial charge in [-0.2, -0.15) is 0 Å². The molecule has 0 radical (unpaired) electrons. The predicted octanol–water partition coefficient (Wildman–Crippen LogP) is 1.16. The van der Waals surface area contributed by atoms with Crippen molar-refractivity contribution in [3.05, 3.63) is 16.6 Å². The summed E-state index contributed by atoms with van der Waals surface area (Å²) in [4.78, 5) is 4.01. The van der Waals surface area contributed by atoms with Gasteiger partial charge in [0, 0.05) is 11.4 Å². The normalized spacial score (nSPS) is 13.8. The standard InChI is InChI=1S/C5H8N2S/c1-4(6)5-2-8-3-7-5/h2-4H,6H2,1H3/t4-/m0/s1. The third-order valence-corrected chi connectivity index (χ3v) is 1.52. The van der Waals surface area contributed by atoms with Crippen molar-refractivity contribution < 1.29 is 0 Å². The van der Waals surface area contributed by atoms with Crippen LogP contribution in [0.5, 0.6) is 0 Å². The third kappa shape index (κ3) is 1.05. The molecule has 0 aliphatic carbocycles. The van der Waals surface area contributed by atoms with Crippen molar-refractivity contribution in [2.45, 2.75) is 13.0 Å². The average molecular weight is 128 g/mol. The van der Waals surface area contributed by atoms with Gasteiger partial charge in [-0.25, -0.2) is 4.98 Å². The highest BCUT2D eigenvalue weighted by molar-refractivity contribution is 7.07. The van der Waals surface area contributed by atoms with Gasteiger partial charge in [0.05, 0.1) is 11.2 Å². The maximum absolute atomic E-state index is 5.50. The first-order valence-corrected chi connectivity index (χ1v) is 3.38. The lowest BCUT2D eigenvalue weighted by Gasteiger charge is -1.95. The Morgan fingerprint density at radius 2 is 2.62 bits per heavy atom. The van der Waals surface area contributed by atoms with E-state index in [4.69, 9.17) is 5.73 Å². The van der Waals surface area contributed by atoms with Crippen molar-refractivity contribution in [2.75, 3.05) is 0 Å². The highest BCUT2D eigenvalue weighted by Crippen LogP contribution is 2.07. The van der Waals surface area contributed by atoms with E-state index in [1.807, 2.05) is 12.3 Å². The van der Waals surface area contributed by atoms with Gasteiger partial charge >= 0.3 is 0 Å². The molecule has 0 aromatic carbocycles. The molecule has 0 aliphatic rings. The lowest BCUT2D eigenvalue weighted by Crippen LogP contribution is -2.04. The fraction of sp³-hybridized carbons (Fsp3) is 0.400. The molecule has 0 saturated heterocycles. The second-order valence-corrected chi connectivity index (χ2v) is 2.42. The Bertz CT molecular complexity index is 145. The van der Waals surface area contributed by atoms with E-state index in [1.54, 1.807) is 16.8 Å². The molecule has 1 aromatic rings. The van der Waals surface area contributed by atoms with Gasteiger partial charge in [0.1, 0.15) is 0 Å². The van der Waals surface area contributed by atoms with Crippen molar-refractivity contribution in [1.82, 2.24) is 4.98 Å². The molecule has 1 heterocycles. The largest absolute Gasteiger partial charge is 0.323 e. The SMILES string of the molecule is C[C@H](N)c1cscn1. The summed E-state index contributed by atoms with van der Waals surface area (Å²) in [5.41, 5.74) is 8.27. The minimum absolute atomic E-state index is 0.0845. The topological polar surface area (TPSA) is 38.9 Å². The summed E-state index contributed by atoms with van der Waals surface area (Å²) in [6.07, 6.45) is 0. The Morgan fingerprint density at radius 1 is 1.88 bits per heavy atom. The van der Waals surface area contributed by atoms with Crippen molar-refractivity contribution in [3.8, 4) is 0 Å². The summed E-state index contributed by atoms with van der Waals surface area (Å²) in [6, 6.07) is 0.0845. The molecule has 8 heavy (non-hydrogen) atoms. The summed E-state index contributed by atoms with van der Waals surface area (Å²) < 4.78 is 0. The van der Waals surface area contributed by atoms with E-state index >= 15 is 0 Å². The fourth-order valence-electron chi connectivity index (χ4n) is 0.447. The quantitative estimate of drug-likeness (QED) is 0.616. The van der Waals surface area contributed by atoms with Crippen molar-refractivity contribution in [1.29, 1.82) is 0 Å². The highest BCUT2D eigenvalue weighted by Gasteiger charge is 1.97. The predicted molar refractivity (Wildman–Crippen MR) is 34.7 cm³/mol. The van der Waals surface area contributed by atoms with E-state index in [-0.39, 0.29) is 6.04 Å². The van der Waals surface area contributed by atoms with Gasteiger partial charge in [0.15, 0.2) is 0 Å². The van der Waals surface area contributed by atoms with Crippen LogP contribution in [0.1, 0.15) is 18.7 Å². The molecule has 0 amide bonds. The molecule has 0 fully saturated rings. The van der Waals surface area contributed by atoms with E-state index in [0.29, 0.717) is 0 Å². The molecule has 3 heteroatoms. The van der Waals surface area contributed by atoms with Gasteiger partial charge in [-0.15, -0.1) is 11.3 Å². The average Bonchev–Trinajstić information content (AvgIpc) is 2.12. The number of hydrogen-bond acceptors (Lipinski definition) is 3. The molecule has 0 saturated carbocycles. The monoisotopic (exact) mass is 128 g/mol. The Balaban J connectivity index is 2.77. The Kier molecular flexibility index (Phi) is 1.60. The molecule has 2 N–H and O–H groups in total. The molecule has 0 aliphatic heterocycles. The molecule has 2 nitrogen and oxygen atoms in total. The van der Waals surface area contributed by atoms with Gasteiger partial charge in [-0.1, -0.05) is 0 Å². The fourth-order valence-corrected chi connectivity index (χ4v) is 1.11. The Hall–Kier alpha value is -0.410. The molecule has 1 rings (SSSR count). The van der Waals surface area contributed by atoms with Crippen LogP contribution in [0.3, 0.4) is 0 Å². The van der Waals surface area contributed by atoms with Crippen LogP contribution in [0.4, 0.5) is 0 Å².